The van der Waals surface area contributed by atoms with Gasteiger partial charge in [0, 0.05) is 19.0 Å². The van der Waals surface area contributed by atoms with E-state index in [-0.39, 0.29) is 24.4 Å². The summed E-state index contributed by atoms with van der Waals surface area (Å²) in [7, 11) is 0. The Balaban J connectivity index is 0.00000147. The fourth-order valence-corrected chi connectivity index (χ4v) is 4.76. The Bertz CT molecular complexity index is 336. The number of carbonyl (C=O) groups is 1. The fourth-order valence-electron chi connectivity index (χ4n) is 4.76. The number of hydrogen-bond donors (Lipinski definition) is 2. The van der Waals surface area contributed by atoms with Crippen molar-refractivity contribution in [2.75, 3.05) is 6.54 Å². The van der Waals surface area contributed by atoms with Crippen molar-refractivity contribution in [3.8, 4) is 0 Å². The number of rotatable bonds is 5. The molecule has 2 bridgehead atoms. The van der Waals surface area contributed by atoms with Crippen molar-refractivity contribution in [1.82, 2.24) is 5.32 Å². The van der Waals surface area contributed by atoms with E-state index in [1.807, 2.05) is 0 Å². The molecule has 5 atom stereocenters. The zero-order valence-corrected chi connectivity index (χ0v) is 13.2. The number of halogens is 1. The first-order chi connectivity index (χ1) is 9.22. The Morgan fingerprint density at radius 2 is 1.95 bits per heavy atom. The molecular formula is C16H29ClN2O. The van der Waals surface area contributed by atoms with Gasteiger partial charge in [0.25, 0.3) is 0 Å². The lowest BCUT2D eigenvalue weighted by Gasteiger charge is -2.22. The third kappa shape index (κ3) is 3.67. The summed E-state index contributed by atoms with van der Waals surface area (Å²) in [6, 6.07) is 0.260. The van der Waals surface area contributed by atoms with E-state index in [1.165, 1.54) is 38.5 Å². The summed E-state index contributed by atoms with van der Waals surface area (Å²) < 4.78 is 0. The molecule has 0 heterocycles. The topological polar surface area (TPSA) is 55.1 Å². The molecule has 3 aliphatic rings. The SMILES string of the molecule is Cl.N[C@@H]1CCC[C@H]1CC(=O)NCCC1CC2CCC1C2. The number of fused-ring (bicyclic) bond motifs is 2. The van der Waals surface area contributed by atoms with Crippen molar-refractivity contribution >= 4 is 18.3 Å². The average Bonchev–Trinajstić information content (AvgIpc) is 3.07. The average molecular weight is 301 g/mol. The molecule has 116 valence electrons. The van der Waals surface area contributed by atoms with E-state index in [0.29, 0.717) is 12.3 Å². The smallest absolute Gasteiger partial charge is 0.220 e. The van der Waals surface area contributed by atoms with Crippen LogP contribution in [0.15, 0.2) is 0 Å². The molecule has 0 aromatic rings. The quantitative estimate of drug-likeness (QED) is 0.820. The summed E-state index contributed by atoms with van der Waals surface area (Å²) in [5.41, 5.74) is 6.02. The van der Waals surface area contributed by atoms with Crippen molar-refractivity contribution in [2.45, 2.75) is 63.8 Å². The molecule has 4 heteroatoms. The second-order valence-electron chi connectivity index (χ2n) is 7.13. The van der Waals surface area contributed by atoms with E-state index in [9.17, 15) is 4.79 Å². The van der Waals surface area contributed by atoms with Crippen LogP contribution in [0.1, 0.15) is 57.8 Å². The van der Waals surface area contributed by atoms with Crippen LogP contribution in [-0.4, -0.2) is 18.5 Å². The van der Waals surface area contributed by atoms with Gasteiger partial charge in [-0.2, -0.15) is 0 Å². The number of hydrogen-bond acceptors (Lipinski definition) is 2. The summed E-state index contributed by atoms with van der Waals surface area (Å²) in [6.45, 7) is 0.884. The highest BCUT2D eigenvalue weighted by Gasteiger charge is 2.38. The van der Waals surface area contributed by atoms with Crippen molar-refractivity contribution in [1.29, 1.82) is 0 Å². The minimum Gasteiger partial charge on any atom is -0.356 e. The molecule has 0 saturated heterocycles. The van der Waals surface area contributed by atoms with E-state index in [0.717, 1.165) is 37.1 Å². The molecule has 3 rings (SSSR count). The maximum absolute atomic E-state index is 11.9. The van der Waals surface area contributed by atoms with E-state index < -0.39 is 0 Å². The van der Waals surface area contributed by atoms with Gasteiger partial charge in [0.15, 0.2) is 0 Å². The Hall–Kier alpha value is -0.280. The van der Waals surface area contributed by atoms with Crippen LogP contribution in [0, 0.1) is 23.7 Å². The van der Waals surface area contributed by atoms with Crippen LogP contribution in [0.2, 0.25) is 0 Å². The van der Waals surface area contributed by atoms with Crippen LogP contribution in [0.3, 0.4) is 0 Å². The van der Waals surface area contributed by atoms with Crippen molar-refractivity contribution in [3.05, 3.63) is 0 Å². The summed E-state index contributed by atoms with van der Waals surface area (Å²) in [6.07, 6.45) is 11.1. The first kappa shape index (κ1) is 16.1. The Morgan fingerprint density at radius 1 is 1.10 bits per heavy atom. The first-order valence-corrected chi connectivity index (χ1v) is 8.24. The fraction of sp³-hybridized carbons (Fsp3) is 0.938. The lowest BCUT2D eigenvalue weighted by atomic mass is 9.86. The summed E-state index contributed by atoms with van der Waals surface area (Å²) in [5.74, 6) is 3.55. The molecule has 0 aliphatic heterocycles. The van der Waals surface area contributed by atoms with Crippen LogP contribution >= 0.6 is 12.4 Å². The molecule has 0 radical (unpaired) electrons. The zero-order chi connectivity index (χ0) is 13.2. The largest absolute Gasteiger partial charge is 0.356 e. The van der Waals surface area contributed by atoms with Gasteiger partial charge in [-0.3, -0.25) is 4.79 Å². The predicted octanol–water partition coefficient (Wildman–Crippen LogP) is 2.87. The van der Waals surface area contributed by atoms with Gasteiger partial charge < -0.3 is 11.1 Å². The van der Waals surface area contributed by atoms with Crippen LogP contribution in [0.4, 0.5) is 0 Å². The predicted molar refractivity (Wildman–Crippen MR) is 83.7 cm³/mol. The second-order valence-corrected chi connectivity index (χ2v) is 7.13. The van der Waals surface area contributed by atoms with Gasteiger partial charge >= 0.3 is 0 Å². The maximum atomic E-state index is 11.9. The van der Waals surface area contributed by atoms with Crippen molar-refractivity contribution in [3.63, 3.8) is 0 Å². The van der Waals surface area contributed by atoms with Gasteiger partial charge in [0.1, 0.15) is 0 Å². The number of carbonyl (C=O) groups excluding carboxylic acids is 1. The molecule has 0 aromatic carbocycles. The molecule has 3 aliphatic carbocycles. The molecule has 1 amide bonds. The number of nitrogens with one attached hydrogen (secondary N) is 1. The highest BCUT2D eigenvalue weighted by molar-refractivity contribution is 5.85. The molecule has 3 fully saturated rings. The lowest BCUT2D eigenvalue weighted by molar-refractivity contribution is -0.122. The highest BCUT2D eigenvalue weighted by Crippen LogP contribution is 2.49. The van der Waals surface area contributed by atoms with E-state index >= 15 is 0 Å². The molecule has 3 N–H and O–H groups in total. The Kier molecular flexibility index (Phi) is 5.74. The van der Waals surface area contributed by atoms with Gasteiger partial charge in [0.2, 0.25) is 5.91 Å². The third-order valence-corrected chi connectivity index (χ3v) is 5.89. The van der Waals surface area contributed by atoms with Gasteiger partial charge in [-0.05, 0) is 62.2 Å². The first-order valence-electron chi connectivity index (χ1n) is 8.24. The van der Waals surface area contributed by atoms with E-state index in [1.54, 1.807) is 0 Å². The van der Waals surface area contributed by atoms with E-state index in [2.05, 4.69) is 5.32 Å². The molecule has 3 nitrogen and oxygen atoms in total. The van der Waals surface area contributed by atoms with Crippen molar-refractivity contribution in [2.24, 2.45) is 29.4 Å². The molecule has 0 aromatic heterocycles. The lowest BCUT2D eigenvalue weighted by Crippen LogP contribution is -2.32. The highest BCUT2D eigenvalue weighted by atomic mass is 35.5. The minimum atomic E-state index is 0. The summed E-state index contributed by atoms with van der Waals surface area (Å²) >= 11 is 0. The van der Waals surface area contributed by atoms with Gasteiger partial charge in [-0.1, -0.05) is 12.8 Å². The normalized spacial score (nSPS) is 38.8. The zero-order valence-electron chi connectivity index (χ0n) is 12.4. The molecular weight excluding hydrogens is 272 g/mol. The molecule has 20 heavy (non-hydrogen) atoms. The number of nitrogens with two attached hydrogens (primary N) is 1. The van der Waals surface area contributed by atoms with Gasteiger partial charge in [-0.25, -0.2) is 0 Å². The minimum absolute atomic E-state index is 0. The summed E-state index contributed by atoms with van der Waals surface area (Å²) in [4.78, 5) is 11.9. The molecule has 0 spiro atoms. The van der Waals surface area contributed by atoms with Crippen molar-refractivity contribution < 1.29 is 4.79 Å². The molecule has 3 unspecified atom stereocenters. The van der Waals surface area contributed by atoms with Crippen LogP contribution in [0.5, 0.6) is 0 Å². The third-order valence-electron chi connectivity index (χ3n) is 5.89. The monoisotopic (exact) mass is 300 g/mol. The van der Waals surface area contributed by atoms with Crippen LogP contribution in [0.25, 0.3) is 0 Å². The van der Waals surface area contributed by atoms with Crippen LogP contribution < -0.4 is 11.1 Å². The standard InChI is InChI=1S/C16H28N2O.ClH/c17-15-3-1-2-14(15)10-16(19)18-7-6-13-9-11-4-5-12(13)8-11;/h11-15H,1-10,17H2,(H,18,19);1H/t11?,12?,13?,14-,15+;/m0./s1. The second kappa shape index (κ2) is 7.13. The van der Waals surface area contributed by atoms with Crippen LogP contribution in [-0.2, 0) is 4.79 Å². The van der Waals surface area contributed by atoms with Gasteiger partial charge in [-0.15, -0.1) is 12.4 Å². The maximum Gasteiger partial charge on any atom is 0.220 e. The number of amides is 1. The summed E-state index contributed by atoms with van der Waals surface area (Å²) in [5, 5.41) is 3.12. The van der Waals surface area contributed by atoms with E-state index in [4.69, 9.17) is 5.73 Å². The Labute approximate surface area is 128 Å². The molecule has 3 saturated carbocycles. The Morgan fingerprint density at radius 3 is 2.55 bits per heavy atom. The van der Waals surface area contributed by atoms with Gasteiger partial charge in [0.05, 0.1) is 0 Å².